The SMILES string of the molecule is CC1(C)Oc2ccccc2[C@H]2O[C@](C)(C#CCN3CCOCC3)CC[C@H]21. The maximum atomic E-state index is 6.63. The monoisotopic (exact) mass is 355 g/mol. The summed E-state index contributed by atoms with van der Waals surface area (Å²) < 4.78 is 18.3. The van der Waals surface area contributed by atoms with Crippen molar-refractivity contribution in [3.05, 3.63) is 29.8 Å². The number of morpholine rings is 1. The van der Waals surface area contributed by atoms with E-state index in [4.69, 9.17) is 14.2 Å². The fraction of sp³-hybridized carbons (Fsp3) is 0.636. The van der Waals surface area contributed by atoms with Crippen LogP contribution in [0.2, 0.25) is 0 Å². The first-order valence-electron chi connectivity index (χ1n) is 9.73. The summed E-state index contributed by atoms with van der Waals surface area (Å²) in [6.07, 6.45) is 2.06. The summed E-state index contributed by atoms with van der Waals surface area (Å²) in [7, 11) is 0. The number of rotatable bonds is 1. The lowest BCUT2D eigenvalue weighted by molar-refractivity contribution is -0.169. The molecule has 26 heavy (non-hydrogen) atoms. The van der Waals surface area contributed by atoms with Crippen molar-refractivity contribution in [2.45, 2.75) is 50.9 Å². The zero-order chi connectivity index (χ0) is 18.2. The van der Waals surface area contributed by atoms with Crippen LogP contribution in [0.15, 0.2) is 24.3 Å². The molecule has 3 aliphatic rings. The highest BCUT2D eigenvalue weighted by Gasteiger charge is 2.49. The molecule has 0 aliphatic carbocycles. The predicted molar refractivity (Wildman–Crippen MR) is 101 cm³/mol. The lowest BCUT2D eigenvalue weighted by Crippen LogP contribution is -2.50. The highest BCUT2D eigenvalue weighted by Crippen LogP contribution is 2.52. The number of hydrogen-bond acceptors (Lipinski definition) is 4. The van der Waals surface area contributed by atoms with Gasteiger partial charge >= 0.3 is 0 Å². The number of hydrogen-bond donors (Lipinski definition) is 0. The Morgan fingerprint density at radius 2 is 1.92 bits per heavy atom. The van der Waals surface area contributed by atoms with Gasteiger partial charge in [0.05, 0.1) is 25.9 Å². The van der Waals surface area contributed by atoms with Crippen LogP contribution in [-0.4, -0.2) is 49.0 Å². The lowest BCUT2D eigenvalue weighted by Gasteiger charge is -2.50. The average molecular weight is 355 g/mol. The number of fused-ring (bicyclic) bond motifs is 3. The van der Waals surface area contributed by atoms with Crippen LogP contribution in [0.5, 0.6) is 5.75 Å². The van der Waals surface area contributed by atoms with E-state index in [9.17, 15) is 0 Å². The first-order valence-corrected chi connectivity index (χ1v) is 9.73. The summed E-state index contributed by atoms with van der Waals surface area (Å²) in [6.45, 7) is 10.8. The molecule has 0 amide bonds. The predicted octanol–water partition coefficient (Wildman–Crippen LogP) is 3.42. The van der Waals surface area contributed by atoms with Gasteiger partial charge in [-0.05, 0) is 39.7 Å². The van der Waals surface area contributed by atoms with Gasteiger partial charge in [0.1, 0.15) is 17.0 Å². The minimum atomic E-state index is -0.395. The lowest BCUT2D eigenvalue weighted by atomic mass is 9.73. The highest BCUT2D eigenvalue weighted by atomic mass is 16.5. The summed E-state index contributed by atoms with van der Waals surface area (Å²) in [6, 6.07) is 8.28. The second-order valence-electron chi connectivity index (χ2n) is 8.35. The Hall–Kier alpha value is -1.54. The van der Waals surface area contributed by atoms with E-state index in [2.05, 4.69) is 49.6 Å². The molecule has 0 bridgehead atoms. The standard InChI is InChI=1S/C22H29NO3/c1-21(2)18-9-11-22(3,10-6-12-23-13-15-24-16-14-23)26-20(18)17-7-4-5-8-19(17)25-21/h4-5,7-8,18,20H,9,11-16H2,1-3H3/t18-,20-,22-/m1/s1. The van der Waals surface area contributed by atoms with E-state index >= 15 is 0 Å². The number of nitrogens with zero attached hydrogens (tertiary/aromatic N) is 1. The summed E-state index contributed by atoms with van der Waals surface area (Å²) in [4.78, 5) is 2.35. The summed E-state index contributed by atoms with van der Waals surface area (Å²) in [5.74, 6) is 8.11. The molecule has 0 unspecified atom stereocenters. The Bertz CT molecular complexity index is 714. The molecule has 0 spiro atoms. The third kappa shape index (κ3) is 3.49. The third-order valence-electron chi connectivity index (χ3n) is 5.94. The largest absolute Gasteiger partial charge is 0.487 e. The van der Waals surface area contributed by atoms with E-state index in [-0.39, 0.29) is 11.7 Å². The molecule has 1 aromatic rings. The van der Waals surface area contributed by atoms with E-state index in [1.165, 1.54) is 0 Å². The van der Waals surface area contributed by atoms with E-state index in [1.807, 2.05) is 12.1 Å². The van der Waals surface area contributed by atoms with Gasteiger partial charge in [-0.2, -0.15) is 0 Å². The molecule has 3 aliphatic heterocycles. The molecule has 4 nitrogen and oxygen atoms in total. The van der Waals surface area contributed by atoms with Crippen LogP contribution in [0.3, 0.4) is 0 Å². The molecule has 1 aromatic carbocycles. The van der Waals surface area contributed by atoms with Crippen molar-refractivity contribution in [3.8, 4) is 17.6 Å². The van der Waals surface area contributed by atoms with Crippen LogP contribution in [0, 0.1) is 17.8 Å². The molecular weight excluding hydrogens is 326 g/mol. The molecule has 0 aromatic heterocycles. The van der Waals surface area contributed by atoms with Crippen LogP contribution in [0.4, 0.5) is 0 Å². The number of ether oxygens (including phenoxy) is 3. The van der Waals surface area contributed by atoms with Crippen LogP contribution in [0.25, 0.3) is 0 Å². The number of para-hydroxylation sites is 1. The maximum absolute atomic E-state index is 6.63. The van der Waals surface area contributed by atoms with E-state index in [1.54, 1.807) is 0 Å². The Morgan fingerprint density at radius 3 is 2.73 bits per heavy atom. The van der Waals surface area contributed by atoms with Gasteiger partial charge < -0.3 is 14.2 Å². The van der Waals surface area contributed by atoms with Gasteiger partial charge in [0.25, 0.3) is 0 Å². The van der Waals surface area contributed by atoms with E-state index in [0.717, 1.165) is 57.0 Å². The molecule has 0 saturated carbocycles. The van der Waals surface area contributed by atoms with Gasteiger partial charge in [-0.1, -0.05) is 30.0 Å². The van der Waals surface area contributed by atoms with Gasteiger partial charge in [0.2, 0.25) is 0 Å². The molecular formula is C22H29NO3. The van der Waals surface area contributed by atoms with Crippen molar-refractivity contribution in [1.82, 2.24) is 4.90 Å². The fourth-order valence-electron chi connectivity index (χ4n) is 4.35. The first kappa shape index (κ1) is 17.9. The van der Waals surface area contributed by atoms with E-state index in [0.29, 0.717) is 5.92 Å². The van der Waals surface area contributed by atoms with Crippen LogP contribution in [-0.2, 0) is 9.47 Å². The Kier molecular flexibility index (Phi) is 4.73. The molecule has 3 heterocycles. The van der Waals surface area contributed by atoms with Crippen molar-refractivity contribution in [2.24, 2.45) is 5.92 Å². The topological polar surface area (TPSA) is 30.9 Å². The third-order valence-corrected chi connectivity index (χ3v) is 5.94. The minimum absolute atomic E-state index is 0.0476. The van der Waals surface area contributed by atoms with Gasteiger partial charge in [0.15, 0.2) is 0 Å². The summed E-state index contributed by atoms with van der Waals surface area (Å²) in [5, 5.41) is 0. The normalized spacial score (nSPS) is 33.2. The molecule has 140 valence electrons. The van der Waals surface area contributed by atoms with Crippen LogP contribution >= 0.6 is 0 Å². The maximum Gasteiger partial charge on any atom is 0.126 e. The molecule has 0 radical (unpaired) electrons. The Labute approximate surface area is 156 Å². The summed E-state index contributed by atoms with van der Waals surface area (Å²) in [5.41, 5.74) is 0.549. The molecule has 0 N–H and O–H groups in total. The number of benzene rings is 1. The highest BCUT2D eigenvalue weighted by molar-refractivity contribution is 5.39. The van der Waals surface area contributed by atoms with Gasteiger partial charge in [-0.15, -0.1) is 0 Å². The Balaban J connectivity index is 1.52. The first-order chi connectivity index (χ1) is 12.5. The molecule has 3 atom stereocenters. The zero-order valence-electron chi connectivity index (χ0n) is 16.1. The van der Waals surface area contributed by atoms with Crippen molar-refractivity contribution in [3.63, 3.8) is 0 Å². The minimum Gasteiger partial charge on any atom is -0.487 e. The molecule has 4 heteroatoms. The average Bonchev–Trinajstić information content (AvgIpc) is 2.62. The second kappa shape index (κ2) is 6.88. The molecule has 2 saturated heterocycles. The van der Waals surface area contributed by atoms with Crippen molar-refractivity contribution < 1.29 is 14.2 Å². The zero-order valence-corrected chi connectivity index (χ0v) is 16.1. The van der Waals surface area contributed by atoms with Gasteiger partial charge in [-0.3, -0.25) is 4.90 Å². The van der Waals surface area contributed by atoms with Gasteiger partial charge in [0, 0.05) is 24.6 Å². The van der Waals surface area contributed by atoms with E-state index < -0.39 is 5.60 Å². The van der Waals surface area contributed by atoms with Crippen LogP contribution in [0.1, 0.15) is 45.3 Å². The van der Waals surface area contributed by atoms with Gasteiger partial charge in [-0.25, -0.2) is 0 Å². The molecule has 4 rings (SSSR count). The smallest absolute Gasteiger partial charge is 0.126 e. The Morgan fingerprint density at radius 1 is 1.15 bits per heavy atom. The van der Waals surface area contributed by atoms with Crippen molar-refractivity contribution in [1.29, 1.82) is 0 Å². The van der Waals surface area contributed by atoms with Crippen molar-refractivity contribution >= 4 is 0 Å². The fourth-order valence-corrected chi connectivity index (χ4v) is 4.35. The van der Waals surface area contributed by atoms with Crippen LogP contribution < -0.4 is 4.74 Å². The summed E-state index contributed by atoms with van der Waals surface area (Å²) >= 11 is 0. The quantitative estimate of drug-likeness (QED) is 0.723. The van der Waals surface area contributed by atoms with Crippen molar-refractivity contribution in [2.75, 3.05) is 32.8 Å². The molecule has 2 fully saturated rings. The second-order valence-corrected chi connectivity index (χ2v) is 8.35.